The maximum absolute atomic E-state index is 10.3. The number of carbonyl (C=O) groups is 1. The lowest BCUT2D eigenvalue weighted by atomic mass is 10.4. The van der Waals surface area contributed by atoms with Crippen LogP contribution in [0, 0.1) is 0 Å². The van der Waals surface area contributed by atoms with Crippen LogP contribution in [0.2, 0.25) is 5.15 Å². The van der Waals surface area contributed by atoms with Gasteiger partial charge in [-0.15, -0.1) is 0 Å². The fourth-order valence-corrected chi connectivity index (χ4v) is 1.28. The van der Waals surface area contributed by atoms with Crippen molar-refractivity contribution in [2.24, 2.45) is 0 Å². The number of carboxylic acid groups (broad SMARTS) is 1. The molecule has 5 nitrogen and oxygen atoms in total. The minimum absolute atomic E-state index is 0.325. The minimum Gasteiger partial charge on any atom is -0.478 e. The second-order valence-corrected chi connectivity index (χ2v) is 3.17. The van der Waals surface area contributed by atoms with Crippen LogP contribution < -0.4 is 0 Å². The van der Waals surface area contributed by atoms with Gasteiger partial charge in [0.2, 0.25) is 0 Å². The van der Waals surface area contributed by atoms with Gasteiger partial charge in [0.15, 0.2) is 5.65 Å². The number of hydrogen-bond donors (Lipinski definition) is 1. The summed E-state index contributed by atoms with van der Waals surface area (Å²) in [6.45, 7) is 0. The SMILES string of the molecule is O=C(O)C=Cc1cnc2ccc(Cl)nn12. The molecule has 0 aliphatic carbocycles. The smallest absolute Gasteiger partial charge is 0.328 e. The van der Waals surface area contributed by atoms with E-state index >= 15 is 0 Å². The van der Waals surface area contributed by atoms with Crippen molar-refractivity contribution < 1.29 is 9.90 Å². The molecule has 0 aromatic carbocycles. The first-order valence-corrected chi connectivity index (χ1v) is 4.46. The highest BCUT2D eigenvalue weighted by atomic mass is 35.5. The molecule has 15 heavy (non-hydrogen) atoms. The molecule has 76 valence electrons. The summed E-state index contributed by atoms with van der Waals surface area (Å²) in [5.74, 6) is -1.02. The van der Waals surface area contributed by atoms with Gasteiger partial charge in [0.05, 0.1) is 11.9 Å². The summed E-state index contributed by atoms with van der Waals surface area (Å²) in [6, 6.07) is 3.32. The molecule has 6 heteroatoms. The maximum atomic E-state index is 10.3. The summed E-state index contributed by atoms with van der Waals surface area (Å²) in [6.07, 6.45) is 3.95. The van der Waals surface area contributed by atoms with Crippen molar-refractivity contribution in [1.82, 2.24) is 14.6 Å². The molecular formula is C9H6ClN3O2. The highest BCUT2D eigenvalue weighted by molar-refractivity contribution is 6.29. The van der Waals surface area contributed by atoms with Crippen molar-refractivity contribution in [2.75, 3.05) is 0 Å². The van der Waals surface area contributed by atoms with Gasteiger partial charge in [-0.2, -0.15) is 5.10 Å². The van der Waals surface area contributed by atoms with Gasteiger partial charge in [0.25, 0.3) is 0 Å². The molecule has 0 atom stereocenters. The van der Waals surface area contributed by atoms with Crippen LogP contribution >= 0.6 is 11.6 Å². The van der Waals surface area contributed by atoms with Gasteiger partial charge in [0.1, 0.15) is 5.15 Å². The third-order valence-corrected chi connectivity index (χ3v) is 1.95. The highest BCUT2D eigenvalue weighted by Crippen LogP contribution is 2.10. The first-order valence-electron chi connectivity index (χ1n) is 4.08. The summed E-state index contributed by atoms with van der Waals surface area (Å²) in [7, 11) is 0. The molecule has 0 bridgehead atoms. The van der Waals surface area contributed by atoms with E-state index in [0.29, 0.717) is 16.5 Å². The summed E-state index contributed by atoms with van der Waals surface area (Å²) in [5.41, 5.74) is 1.18. The van der Waals surface area contributed by atoms with Crippen molar-refractivity contribution in [3.63, 3.8) is 0 Å². The number of imidazole rings is 1. The third-order valence-electron chi connectivity index (χ3n) is 1.75. The van der Waals surface area contributed by atoms with Crippen LogP contribution in [-0.2, 0) is 4.79 Å². The van der Waals surface area contributed by atoms with Crippen molar-refractivity contribution >= 4 is 29.3 Å². The van der Waals surface area contributed by atoms with Gasteiger partial charge in [0, 0.05) is 6.08 Å². The molecule has 0 radical (unpaired) electrons. The number of nitrogens with zero attached hydrogens (tertiary/aromatic N) is 3. The maximum Gasteiger partial charge on any atom is 0.328 e. The molecule has 0 spiro atoms. The van der Waals surface area contributed by atoms with Crippen molar-refractivity contribution in [1.29, 1.82) is 0 Å². The summed E-state index contributed by atoms with van der Waals surface area (Å²) >= 11 is 5.71. The van der Waals surface area contributed by atoms with Gasteiger partial charge in [-0.1, -0.05) is 11.6 Å². The molecule has 2 aromatic heterocycles. The predicted molar refractivity (Wildman–Crippen MR) is 54.7 cm³/mol. The molecular weight excluding hydrogens is 218 g/mol. The van der Waals surface area contributed by atoms with Gasteiger partial charge in [-0.3, -0.25) is 0 Å². The van der Waals surface area contributed by atoms with Crippen molar-refractivity contribution in [3.05, 3.63) is 35.3 Å². The zero-order valence-electron chi connectivity index (χ0n) is 7.46. The second-order valence-electron chi connectivity index (χ2n) is 2.78. The minimum atomic E-state index is -1.02. The summed E-state index contributed by atoms with van der Waals surface area (Å²) < 4.78 is 1.47. The lowest BCUT2D eigenvalue weighted by molar-refractivity contribution is -0.131. The Morgan fingerprint density at radius 3 is 3.07 bits per heavy atom. The van der Waals surface area contributed by atoms with E-state index in [1.54, 1.807) is 12.1 Å². The zero-order valence-corrected chi connectivity index (χ0v) is 8.22. The number of aromatic nitrogens is 3. The van der Waals surface area contributed by atoms with Crippen LogP contribution in [0.1, 0.15) is 5.69 Å². The van der Waals surface area contributed by atoms with Crippen LogP contribution in [0.5, 0.6) is 0 Å². The van der Waals surface area contributed by atoms with E-state index in [4.69, 9.17) is 16.7 Å². The molecule has 2 rings (SSSR count). The van der Waals surface area contributed by atoms with E-state index in [0.717, 1.165) is 6.08 Å². The van der Waals surface area contributed by atoms with Crippen molar-refractivity contribution in [2.45, 2.75) is 0 Å². The average Bonchev–Trinajstić information content (AvgIpc) is 2.57. The Kier molecular flexibility index (Phi) is 2.39. The molecule has 0 fully saturated rings. The van der Waals surface area contributed by atoms with E-state index in [1.807, 2.05) is 0 Å². The topological polar surface area (TPSA) is 67.5 Å². The Labute approximate surface area is 89.6 Å². The van der Waals surface area contributed by atoms with E-state index in [-0.39, 0.29) is 0 Å². The lowest BCUT2D eigenvalue weighted by Crippen LogP contribution is -1.94. The quantitative estimate of drug-likeness (QED) is 0.783. The van der Waals surface area contributed by atoms with Gasteiger partial charge < -0.3 is 5.11 Å². The Morgan fingerprint density at radius 2 is 2.33 bits per heavy atom. The Balaban J connectivity index is 2.52. The largest absolute Gasteiger partial charge is 0.478 e. The number of rotatable bonds is 2. The molecule has 0 amide bonds. The zero-order chi connectivity index (χ0) is 10.8. The van der Waals surface area contributed by atoms with Crippen LogP contribution in [0.4, 0.5) is 0 Å². The van der Waals surface area contributed by atoms with Crippen LogP contribution in [0.3, 0.4) is 0 Å². The van der Waals surface area contributed by atoms with Gasteiger partial charge >= 0.3 is 5.97 Å². The Bertz CT molecular complexity index is 547. The predicted octanol–water partition coefficient (Wildman–Crippen LogP) is 1.48. The molecule has 0 saturated heterocycles. The van der Waals surface area contributed by atoms with Crippen LogP contribution in [-0.4, -0.2) is 25.7 Å². The highest BCUT2D eigenvalue weighted by Gasteiger charge is 2.02. The van der Waals surface area contributed by atoms with Crippen LogP contribution in [0.15, 0.2) is 24.4 Å². The fraction of sp³-hybridized carbons (Fsp3) is 0. The molecule has 1 N–H and O–H groups in total. The molecule has 2 aromatic rings. The number of hydrogen-bond acceptors (Lipinski definition) is 3. The molecule has 0 aliphatic heterocycles. The van der Waals surface area contributed by atoms with E-state index in [1.165, 1.54) is 16.8 Å². The van der Waals surface area contributed by atoms with Crippen LogP contribution in [0.25, 0.3) is 11.7 Å². The normalized spacial score (nSPS) is 11.3. The van der Waals surface area contributed by atoms with Gasteiger partial charge in [-0.05, 0) is 18.2 Å². The molecule has 2 heterocycles. The second kappa shape index (κ2) is 3.70. The first-order chi connectivity index (χ1) is 7.16. The van der Waals surface area contributed by atoms with E-state index < -0.39 is 5.97 Å². The molecule has 0 aliphatic rings. The van der Waals surface area contributed by atoms with Gasteiger partial charge in [-0.25, -0.2) is 14.3 Å². The standard InChI is InChI=1S/C9H6ClN3O2/c10-7-2-3-8-11-5-6(13(8)12-7)1-4-9(14)15/h1-5H,(H,14,15). The Hall–Kier alpha value is -1.88. The summed E-state index contributed by atoms with van der Waals surface area (Å²) in [5, 5.41) is 12.8. The molecule has 0 saturated carbocycles. The van der Waals surface area contributed by atoms with E-state index in [9.17, 15) is 4.79 Å². The Morgan fingerprint density at radius 1 is 1.53 bits per heavy atom. The number of fused-ring (bicyclic) bond motifs is 1. The fourth-order valence-electron chi connectivity index (χ4n) is 1.14. The van der Waals surface area contributed by atoms with E-state index in [2.05, 4.69) is 10.1 Å². The number of halogens is 1. The van der Waals surface area contributed by atoms with Crippen molar-refractivity contribution in [3.8, 4) is 0 Å². The molecule has 0 unspecified atom stereocenters. The first kappa shape index (κ1) is 9.67. The number of aliphatic carboxylic acids is 1. The summed E-state index contributed by atoms with van der Waals surface area (Å²) in [4.78, 5) is 14.4. The average molecular weight is 224 g/mol. The number of carboxylic acids is 1. The monoisotopic (exact) mass is 223 g/mol. The lowest BCUT2D eigenvalue weighted by Gasteiger charge is -1.94. The third kappa shape index (κ3) is 1.97.